The van der Waals surface area contributed by atoms with Gasteiger partial charge in [0.25, 0.3) is 0 Å². The van der Waals surface area contributed by atoms with Gasteiger partial charge in [-0.05, 0) is 81.9 Å². The zero-order chi connectivity index (χ0) is 14.5. The van der Waals surface area contributed by atoms with Crippen LogP contribution in [0.25, 0.3) is 0 Å². The third-order valence-electron chi connectivity index (χ3n) is 5.01. The summed E-state index contributed by atoms with van der Waals surface area (Å²) in [4.78, 5) is 2.60. The lowest BCUT2D eigenvalue weighted by atomic mass is 9.76. The number of benzene rings is 1. The number of nitrogens with one attached hydrogen (secondary N) is 1. The molecule has 116 valence electrons. The molecule has 2 fully saturated rings. The first-order valence-corrected chi connectivity index (χ1v) is 8.52. The fourth-order valence-corrected chi connectivity index (χ4v) is 3.58. The molecule has 0 unspecified atom stereocenters. The smallest absolute Gasteiger partial charge is 0.123 e. The first-order chi connectivity index (χ1) is 10.3. The van der Waals surface area contributed by atoms with Crippen molar-refractivity contribution in [1.82, 2.24) is 10.2 Å². The minimum Gasteiger partial charge on any atom is -0.314 e. The molecule has 0 atom stereocenters. The fourth-order valence-electron chi connectivity index (χ4n) is 3.58. The number of likely N-dealkylation sites (tertiary alicyclic amines) is 1. The molecule has 2 aliphatic rings. The van der Waals surface area contributed by atoms with Crippen LogP contribution in [-0.4, -0.2) is 37.1 Å². The summed E-state index contributed by atoms with van der Waals surface area (Å²) in [7, 11) is 0. The van der Waals surface area contributed by atoms with Gasteiger partial charge in [0.2, 0.25) is 0 Å². The van der Waals surface area contributed by atoms with Crippen LogP contribution in [0, 0.1) is 5.82 Å². The maximum Gasteiger partial charge on any atom is 0.123 e. The van der Waals surface area contributed by atoms with E-state index in [1.807, 2.05) is 12.1 Å². The van der Waals surface area contributed by atoms with Gasteiger partial charge in [-0.25, -0.2) is 4.39 Å². The quantitative estimate of drug-likeness (QED) is 0.806. The second-order valence-electron chi connectivity index (χ2n) is 6.63. The predicted octanol–water partition coefficient (Wildman–Crippen LogP) is 3.54. The second-order valence-corrected chi connectivity index (χ2v) is 6.63. The summed E-state index contributed by atoms with van der Waals surface area (Å²) in [6, 6.07) is 7.70. The van der Waals surface area contributed by atoms with E-state index in [4.69, 9.17) is 0 Å². The van der Waals surface area contributed by atoms with Crippen LogP contribution in [0.4, 0.5) is 4.39 Å². The molecule has 1 aromatic carbocycles. The Morgan fingerprint density at radius 3 is 2.48 bits per heavy atom. The van der Waals surface area contributed by atoms with Crippen molar-refractivity contribution in [1.29, 1.82) is 0 Å². The summed E-state index contributed by atoms with van der Waals surface area (Å²) in [5.41, 5.74) is 1.29. The van der Waals surface area contributed by atoms with Gasteiger partial charge in [0.05, 0.1) is 0 Å². The highest BCUT2D eigenvalue weighted by molar-refractivity contribution is 5.23. The van der Waals surface area contributed by atoms with Gasteiger partial charge in [0.15, 0.2) is 0 Å². The number of hydrogen-bond acceptors (Lipinski definition) is 2. The number of nitrogens with zero attached hydrogens (tertiary/aromatic N) is 1. The van der Waals surface area contributed by atoms with Crippen LogP contribution < -0.4 is 5.32 Å². The van der Waals surface area contributed by atoms with Crippen LogP contribution in [0.1, 0.15) is 50.0 Å². The van der Waals surface area contributed by atoms with Crippen LogP contribution >= 0.6 is 0 Å². The Kier molecular flexibility index (Phi) is 5.26. The molecule has 3 heteroatoms. The molecule has 1 saturated carbocycles. The van der Waals surface area contributed by atoms with E-state index in [0.29, 0.717) is 12.0 Å². The van der Waals surface area contributed by atoms with Gasteiger partial charge in [0, 0.05) is 6.04 Å². The molecule has 1 heterocycles. The Morgan fingerprint density at radius 2 is 1.76 bits per heavy atom. The van der Waals surface area contributed by atoms with Crippen molar-refractivity contribution in [2.45, 2.75) is 50.5 Å². The highest BCUT2D eigenvalue weighted by Gasteiger charge is 2.29. The first-order valence-electron chi connectivity index (χ1n) is 8.52. The molecule has 0 aromatic heterocycles. The topological polar surface area (TPSA) is 15.3 Å². The van der Waals surface area contributed by atoms with Crippen molar-refractivity contribution in [2.24, 2.45) is 0 Å². The van der Waals surface area contributed by atoms with Crippen LogP contribution in [-0.2, 0) is 0 Å². The first kappa shape index (κ1) is 15.0. The summed E-state index contributed by atoms with van der Waals surface area (Å²) < 4.78 is 12.9. The lowest BCUT2D eigenvalue weighted by molar-refractivity contribution is 0.220. The lowest BCUT2D eigenvalue weighted by Gasteiger charge is -2.36. The molecule has 0 spiro atoms. The molecule has 2 nitrogen and oxygen atoms in total. The van der Waals surface area contributed by atoms with Gasteiger partial charge in [-0.15, -0.1) is 0 Å². The van der Waals surface area contributed by atoms with Gasteiger partial charge < -0.3 is 10.2 Å². The molecule has 0 radical (unpaired) electrons. The van der Waals surface area contributed by atoms with Crippen molar-refractivity contribution < 1.29 is 4.39 Å². The van der Waals surface area contributed by atoms with E-state index in [0.717, 1.165) is 6.54 Å². The Labute approximate surface area is 127 Å². The molecule has 0 amide bonds. The Bertz CT molecular complexity index is 419. The average molecular weight is 290 g/mol. The van der Waals surface area contributed by atoms with E-state index in [2.05, 4.69) is 10.2 Å². The van der Waals surface area contributed by atoms with Crippen LogP contribution in [0.3, 0.4) is 0 Å². The van der Waals surface area contributed by atoms with Crippen LogP contribution in [0.15, 0.2) is 24.3 Å². The van der Waals surface area contributed by atoms with Crippen LogP contribution in [0.2, 0.25) is 0 Å². The second kappa shape index (κ2) is 7.37. The lowest BCUT2D eigenvalue weighted by Crippen LogP contribution is -2.41. The third-order valence-corrected chi connectivity index (χ3v) is 5.01. The fraction of sp³-hybridized carbons (Fsp3) is 0.667. The van der Waals surface area contributed by atoms with E-state index in [1.54, 1.807) is 12.1 Å². The van der Waals surface area contributed by atoms with Crippen molar-refractivity contribution >= 4 is 0 Å². The molecule has 1 saturated heterocycles. The van der Waals surface area contributed by atoms with Gasteiger partial charge in [-0.3, -0.25) is 0 Å². The van der Waals surface area contributed by atoms with Gasteiger partial charge >= 0.3 is 0 Å². The maximum atomic E-state index is 12.9. The summed E-state index contributed by atoms with van der Waals surface area (Å²) >= 11 is 0. The van der Waals surface area contributed by atoms with Crippen molar-refractivity contribution in [2.75, 3.05) is 26.2 Å². The van der Waals surface area contributed by atoms with Crippen molar-refractivity contribution in [3.05, 3.63) is 35.6 Å². The summed E-state index contributed by atoms with van der Waals surface area (Å²) in [5, 5.41) is 3.67. The molecular weight excluding hydrogens is 263 g/mol. The van der Waals surface area contributed by atoms with Gasteiger partial charge in [0.1, 0.15) is 5.82 Å². The van der Waals surface area contributed by atoms with Gasteiger partial charge in [-0.2, -0.15) is 0 Å². The van der Waals surface area contributed by atoms with E-state index in [9.17, 15) is 4.39 Å². The Morgan fingerprint density at radius 1 is 1.05 bits per heavy atom. The Balaban J connectivity index is 1.28. The SMILES string of the molecule is Fc1ccc(C2CC(NCCCN3CCCCC3)C2)cc1. The molecule has 0 bridgehead atoms. The molecule has 21 heavy (non-hydrogen) atoms. The predicted molar refractivity (Wildman–Crippen MR) is 85.1 cm³/mol. The monoisotopic (exact) mass is 290 g/mol. The third kappa shape index (κ3) is 4.27. The summed E-state index contributed by atoms with van der Waals surface area (Å²) in [5.74, 6) is 0.496. The average Bonchev–Trinajstić information content (AvgIpc) is 2.48. The molecule has 1 aliphatic heterocycles. The highest BCUT2D eigenvalue weighted by atomic mass is 19.1. The van der Waals surface area contributed by atoms with Crippen LogP contribution in [0.5, 0.6) is 0 Å². The molecule has 1 N–H and O–H groups in total. The molecular formula is C18H27FN2. The molecule has 1 aliphatic carbocycles. The van der Waals surface area contributed by atoms with Crippen molar-refractivity contribution in [3.63, 3.8) is 0 Å². The summed E-state index contributed by atoms with van der Waals surface area (Å²) in [6.45, 7) is 4.99. The summed E-state index contributed by atoms with van der Waals surface area (Å²) in [6.07, 6.45) is 7.86. The minimum atomic E-state index is -0.134. The number of hydrogen-bond donors (Lipinski definition) is 1. The molecule has 1 aromatic rings. The Hall–Kier alpha value is -0.930. The zero-order valence-electron chi connectivity index (χ0n) is 12.9. The number of piperidine rings is 1. The van der Waals surface area contributed by atoms with E-state index in [-0.39, 0.29) is 5.82 Å². The molecule has 3 rings (SSSR count). The normalized spacial score (nSPS) is 26.5. The minimum absolute atomic E-state index is 0.134. The van der Waals surface area contributed by atoms with E-state index >= 15 is 0 Å². The largest absolute Gasteiger partial charge is 0.314 e. The number of halogens is 1. The maximum absolute atomic E-state index is 12.9. The van der Waals surface area contributed by atoms with Gasteiger partial charge in [-0.1, -0.05) is 18.6 Å². The number of rotatable bonds is 6. The van der Waals surface area contributed by atoms with E-state index < -0.39 is 0 Å². The highest BCUT2D eigenvalue weighted by Crippen LogP contribution is 2.36. The van der Waals surface area contributed by atoms with E-state index in [1.165, 1.54) is 63.7 Å². The standard InChI is InChI=1S/C18H27FN2/c19-17-7-5-15(6-8-17)16-13-18(14-16)20-9-4-12-21-10-2-1-3-11-21/h5-8,16,18,20H,1-4,9-14H2. The zero-order valence-corrected chi connectivity index (χ0v) is 12.9. The van der Waals surface area contributed by atoms with Crippen molar-refractivity contribution in [3.8, 4) is 0 Å².